The molecular formula is C15H19N3O2. The van der Waals surface area contributed by atoms with Gasteiger partial charge in [-0.25, -0.2) is 0 Å². The van der Waals surface area contributed by atoms with Crippen LogP contribution < -0.4 is 5.73 Å². The van der Waals surface area contributed by atoms with Gasteiger partial charge in [-0.1, -0.05) is 29.4 Å². The highest BCUT2D eigenvalue weighted by Crippen LogP contribution is 2.35. The first-order valence-electron chi connectivity index (χ1n) is 7.09. The van der Waals surface area contributed by atoms with Gasteiger partial charge >= 0.3 is 0 Å². The van der Waals surface area contributed by atoms with Crippen molar-refractivity contribution in [2.75, 3.05) is 6.54 Å². The van der Waals surface area contributed by atoms with Gasteiger partial charge in [0.1, 0.15) is 6.10 Å². The largest absolute Gasteiger partial charge is 0.383 e. The minimum Gasteiger partial charge on any atom is -0.383 e. The van der Waals surface area contributed by atoms with E-state index in [0.717, 1.165) is 19.3 Å². The van der Waals surface area contributed by atoms with E-state index in [1.807, 2.05) is 6.07 Å². The van der Waals surface area contributed by atoms with Crippen molar-refractivity contribution < 1.29 is 9.63 Å². The molecular weight excluding hydrogens is 254 g/mol. The number of nitrogens with two attached hydrogens (primary N) is 1. The third-order valence-electron chi connectivity index (χ3n) is 3.86. The van der Waals surface area contributed by atoms with Crippen molar-refractivity contribution in [1.29, 1.82) is 0 Å². The fourth-order valence-corrected chi connectivity index (χ4v) is 2.83. The predicted molar refractivity (Wildman–Crippen MR) is 74.2 cm³/mol. The molecule has 1 aromatic heterocycles. The summed E-state index contributed by atoms with van der Waals surface area (Å²) in [6.45, 7) is 0.394. The Hall–Kier alpha value is -1.72. The van der Waals surface area contributed by atoms with Gasteiger partial charge in [-0.15, -0.1) is 0 Å². The van der Waals surface area contributed by atoms with Crippen LogP contribution in [0.2, 0.25) is 0 Å². The van der Waals surface area contributed by atoms with Crippen LogP contribution in [0, 0.1) is 0 Å². The summed E-state index contributed by atoms with van der Waals surface area (Å²) in [7, 11) is 0. The van der Waals surface area contributed by atoms with E-state index in [1.165, 1.54) is 11.1 Å². The van der Waals surface area contributed by atoms with Crippen LogP contribution in [0.3, 0.4) is 0 Å². The molecule has 1 aliphatic rings. The molecule has 1 aliphatic carbocycles. The molecule has 0 saturated carbocycles. The van der Waals surface area contributed by atoms with Crippen molar-refractivity contribution in [1.82, 2.24) is 10.1 Å². The summed E-state index contributed by atoms with van der Waals surface area (Å²) in [5.41, 5.74) is 8.07. The van der Waals surface area contributed by atoms with Crippen LogP contribution in [0.4, 0.5) is 0 Å². The Morgan fingerprint density at radius 2 is 2.25 bits per heavy atom. The second kappa shape index (κ2) is 5.73. The van der Waals surface area contributed by atoms with Crippen LogP contribution in [0.5, 0.6) is 0 Å². The van der Waals surface area contributed by atoms with Gasteiger partial charge in [0.25, 0.3) is 5.89 Å². The van der Waals surface area contributed by atoms with Crippen molar-refractivity contribution in [3.05, 3.63) is 47.1 Å². The SMILES string of the molecule is NCC[C@H](O)c1nc(C2CCCc3ccccc32)no1. The number of rotatable bonds is 4. The molecule has 20 heavy (non-hydrogen) atoms. The zero-order valence-electron chi connectivity index (χ0n) is 11.3. The van der Waals surface area contributed by atoms with E-state index in [9.17, 15) is 5.11 Å². The van der Waals surface area contributed by atoms with Gasteiger partial charge in [-0.3, -0.25) is 0 Å². The second-order valence-corrected chi connectivity index (χ2v) is 5.23. The highest BCUT2D eigenvalue weighted by Gasteiger charge is 2.26. The first kappa shape index (κ1) is 13.3. The predicted octanol–water partition coefficient (Wildman–Crippen LogP) is 1.92. The first-order valence-corrected chi connectivity index (χ1v) is 7.09. The van der Waals surface area contributed by atoms with Crippen molar-refractivity contribution in [2.45, 2.75) is 37.7 Å². The van der Waals surface area contributed by atoms with Gasteiger partial charge in [-0.2, -0.15) is 4.98 Å². The van der Waals surface area contributed by atoms with E-state index in [-0.39, 0.29) is 11.8 Å². The Morgan fingerprint density at radius 3 is 3.10 bits per heavy atom. The maximum absolute atomic E-state index is 9.85. The van der Waals surface area contributed by atoms with Gasteiger partial charge in [0.15, 0.2) is 5.82 Å². The molecule has 106 valence electrons. The van der Waals surface area contributed by atoms with E-state index < -0.39 is 6.10 Å². The molecule has 0 radical (unpaired) electrons. The van der Waals surface area contributed by atoms with Crippen molar-refractivity contribution in [3.63, 3.8) is 0 Å². The number of nitrogens with zero attached hydrogens (tertiary/aromatic N) is 2. The summed E-state index contributed by atoms with van der Waals surface area (Å²) in [6.07, 6.45) is 2.91. The minimum atomic E-state index is -0.764. The Kier molecular flexibility index (Phi) is 3.80. The van der Waals surface area contributed by atoms with Crippen LogP contribution in [-0.4, -0.2) is 21.8 Å². The average molecular weight is 273 g/mol. The number of fused-ring (bicyclic) bond motifs is 1. The molecule has 1 unspecified atom stereocenters. The lowest BCUT2D eigenvalue weighted by atomic mass is 9.82. The van der Waals surface area contributed by atoms with Crippen molar-refractivity contribution in [3.8, 4) is 0 Å². The molecule has 0 bridgehead atoms. The monoisotopic (exact) mass is 273 g/mol. The zero-order valence-corrected chi connectivity index (χ0v) is 11.3. The standard InChI is InChI=1S/C15H19N3O2/c16-9-8-13(19)15-17-14(18-20-15)12-7-3-5-10-4-1-2-6-11(10)12/h1-2,4,6,12-13,19H,3,5,7-9,16H2/t12?,13-/m0/s1. The lowest BCUT2D eigenvalue weighted by molar-refractivity contribution is 0.127. The van der Waals surface area contributed by atoms with Crippen LogP contribution in [0.25, 0.3) is 0 Å². The summed E-state index contributed by atoms with van der Waals surface area (Å²) in [4.78, 5) is 4.37. The summed E-state index contributed by atoms with van der Waals surface area (Å²) in [6, 6.07) is 8.40. The van der Waals surface area contributed by atoms with Crippen LogP contribution in [0.15, 0.2) is 28.8 Å². The summed E-state index contributed by atoms with van der Waals surface area (Å²) < 4.78 is 5.18. The quantitative estimate of drug-likeness (QED) is 0.889. The molecule has 3 N–H and O–H groups in total. The van der Waals surface area contributed by atoms with Gasteiger partial charge in [0, 0.05) is 5.92 Å². The number of aliphatic hydroxyl groups is 1. The van der Waals surface area contributed by atoms with E-state index in [4.69, 9.17) is 10.3 Å². The molecule has 1 aromatic carbocycles. The molecule has 0 fully saturated rings. The summed E-state index contributed by atoms with van der Waals surface area (Å²) >= 11 is 0. The highest BCUT2D eigenvalue weighted by atomic mass is 16.5. The molecule has 3 rings (SSSR count). The highest BCUT2D eigenvalue weighted by molar-refractivity contribution is 5.36. The average Bonchev–Trinajstić information content (AvgIpc) is 2.97. The van der Waals surface area contributed by atoms with Gasteiger partial charge < -0.3 is 15.4 Å². The molecule has 0 amide bonds. The van der Waals surface area contributed by atoms with Gasteiger partial charge in [0.05, 0.1) is 0 Å². The van der Waals surface area contributed by atoms with Gasteiger partial charge in [-0.05, 0) is 43.4 Å². The maximum Gasteiger partial charge on any atom is 0.255 e. The van der Waals surface area contributed by atoms with Crippen LogP contribution in [0.1, 0.15) is 54.1 Å². The van der Waals surface area contributed by atoms with E-state index in [0.29, 0.717) is 18.8 Å². The molecule has 2 atom stereocenters. The summed E-state index contributed by atoms with van der Waals surface area (Å²) in [5.74, 6) is 1.11. The van der Waals surface area contributed by atoms with E-state index >= 15 is 0 Å². The van der Waals surface area contributed by atoms with E-state index in [2.05, 4.69) is 28.3 Å². The topological polar surface area (TPSA) is 85.2 Å². The Labute approximate surface area is 117 Å². The third kappa shape index (κ3) is 2.46. The van der Waals surface area contributed by atoms with Crippen LogP contribution in [-0.2, 0) is 6.42 Å². The summed E-state index contributed by atoms with van der Waals surface area (Å²) in [5, 5.41) is 13.9. The Bertz CT molecular complexity index is 582. The smallest absolute Gasteiger partial charge is 0.255 e. The molecule has 0 spiro atoms. The third-order valence-corrected chi connectivity index (χ3v) is 3.86. The number of aryl methyl sites for hydroxylation is 1. The second-order valence-electron chi connectivity index (χ2n) is 5.23. The Balaban J connectivity index is 1.87. The lowest BCUT2D eigenvalue weighted by Crippen LogP contribution is -2.12. The normalized spacial score (nSPS) is 19.6. The molecule has 1 heterocycles. The maximum atomic E-state index is 9.85. The molecule has 0 aliphatic heterocycles. The molecule has 0 saturated heterocycles. The number of hydrogen-bond donors (Lipinski definition) is 2. The lowest BCUT2D eigenvalue weighted by Gasteiger charge is -2.22. The fourth-order valence-electron chi connectivity index (χ4n) is 2.83. The molecule has 2 aromatic rings. The van der Waals surface area contributed by atoms with E-state index in [1.54, 1.807) is 0 Å². The van der Waals surface area contributed by atoms with Crippen molar-refractivity contribution >= 4 is 0 Å². The van der Waals surface area contributed by atoms with Gasteiger partial charge in [0.2, 0.25) is 0 Å². The fraction of sp³-hybridized carbons (Fsp3) is 0.467. The number of hydrogen-bond acceptors (Lipinski definition) is 5. The number of benzene rings is 1. The van der Waals surface area contributed by atoms with Crippen LogP contribution >= 0.6 is 0 Å². The Morgan fingerprint density at radius 1 is 1.40 bits per heavy atom. The zero-order chi connectivity index (χ0) is 13.9. The number of aliphatic hydroxyl groups excluding tert-OH is 1. The van der Waals surface area contributed by atoms with Crippen molar-refractivity contribution in [2.24, 2.45) is 5.73 Å². The first-order chi connectivity index (χ1) is 9.79. The molecule has 5 heteroatoms. The number of aromatic nitrogens is 2. The minimum absolute atomic E-state index is 0.169. The molecule has 5 nitrogen and oxygen atoms in total.